The summed E-state index contributed by atoms with van der Waals surface area (Å²) in [4.78, 5) is 24.7. The van der Waals surface area contributed by atoms with Crippen LogP contribution in [0.15, 0.2) is 53.4 Å². The van der Waals surface area contributed by atoms with E-state index in [9.17, 15) is 18.0 Å². The van der Waals surface area contributed by atoms with Crippen LogP contribution in [0.4, 0.5) is 4.79 Å². The molecule has 0 aliphatic carbocycles. The van der Waals surface area contributed by atoms with Crippen molar-refractivity contribution < 1.29 is 27.5 Å². The van der Waals surface area contributed by atoms with Crippen LogP contribution in [0.2, 0.25) is 0 Å². The molecule has 0 bridgehead atoms. The zero-order valence-electron chi connectivity index (χ0n) is 15.8. The molecule has 2 aromatic carbocycles. The number of carbonyl (C=O) groups is 2. The van der Waals surface area contributed by atoms with E-state index in [2.05, 4.69) is 0 Å². The van der Waals surface area contributed by atoms with Crippen LogP contribution in [0, 0.1) is 0 Å². The predicted molar refractivity (Wildman–Crippen MR) is 104 cm³/mol. The van der Waals surface area contributed by atoms with E-state index in [1.54, 1.807) is 31.4 Å². The molecule has 2 aliphatic heterocycles. The number of hydrogen-bond donors (Lipinski definition) is 0. The molecule has 0 N–H and O–H groups in total. The Kier molecular flexibility index (Phi) is 5.01. The fraction of sp³-hybridized carbons (Fsp3) is 0.300. The van der Waals surface area contributed by atoms with Crippen LogP contribution in [0.25, 0.3) is 11.1 Å². The first-order valence-corrected chi connectivity index (χ1v) is 10.6. The summed E-state index contributed by atoms with van der Waals surface area (Å²) in [5.74, 6) is 0.319. The molecule has 4 rings (SSSR count). The van der Waals surface area contributed by atoms with Crippen molar-refractivity contribution in [1.29, 1.82) is 0 Å². The number of benzene rings is 2. The van der Waals surface area contributed by atoms with E-state index >= 15 is 0 Å². The first-order valence-electron chi connectivity index (χ1n) is 9.13. The quantitative estimate of drug-likeness (QED) is 0.741. The molecule has 8 nitrogen and oxygen atoms in total. The molecule has 2 aliphatic rings. The van der Waals surface area contributed by atoms with E-state index in [-0.39, 0.29) is 24.6 Å². The summed E-state index contributed by atoms with van der Waals surface area (Å²) < 4.78 is 37.1. The van der Waals surface area contributed by atoms with E-state index in [0.717, 1.165) is 21.8 Å². The van der Waals surface area contributed by atoms with E-state index in [0.29, 0.717) is 6.42 Å². The Morgan fingerprint density at radius 1 is 1.00 bits per heavy atom. The van der Waals surface area contributed by atoms with Crippen LogP contribution >= 0.6 is 0 Å². The third kappa shape index (κ3) is 3.58. The molecule has 0 saturated carbocycles. The standard InChI is InChI=1S/C20H20N2O6S/c1-27-17-6-2-14(3-7-17)15-4-8-18(9-5-15)29(25,26)21-11-10-16(12-21)22-19(23)13-28-20(22)24/h2-9,16H,10-13H2,1H3/t16-/m0/s1. The highest BCUT2D eigenvalue weighted by molar-refractivity contribution is 7.89. The number of cyclic esters (lactones) is 1. The zero-order valence-corrected chi connectivity index (χ0v) is 16.6. The molecule has 2 heterocycles. The number of ether oxygens (including phenoxy) is 2. The molecular formula is C20H20N2O6S. The van der Waals surface area contributed by atoms with Crippen molar-refractivity contribution in [2.45, 2.75) is 17.4 Å². The largest absolute Gasteiger partial charge is 0.497 e. The fourth-order valence-corrected chi connectivity index (χ4v) is 5.10. The van der Waals surface area contributed by atoms with Crippen molar-refractivity contribution in [3.05, 3.63) is 48.5 Å². The fourth-order valence-electron chi connectivity index (χ4n) is 3.61. The van der Waals surface area contributed by atoms with Gasteiger partial charge in [-0.1, -0.05) is 24.3 Å². The van der Waals surface area contributed by atoms with Crippen LogP contribution in [0.3, 0.4) is 0 Å². The van der Waals surface area contributed by atoms with Crippen molar-refractivity contribution >= 4 is 22.0 Å². The van der Waals surface area contributed by atoms with Gasteiger partial charge in [-0.3, -0.25) is 4.79 Å². The van der Waals surface area contributed by atoms with Gasteiger partial charge in [-0.05, 0) is 41.8 Å². The smallest absolute Gasteiger partial charge is 0.417 e. The lowest BCUT2D eigenvalue weighted by Crippen LogP contribution is -2.42. The van der Waals surface area contributed by atoms with Crippen molar-refractivity contribution in [2.75, 3.05) is 26.8 Å². The van der Waals surface area contributed by atoms with Crippen LogP contribution in [-0.4, -0.2) is 62.5 Å². The van der Waals surface area contributed by atoms with E-state index in [1.807, 2.05) is 24.3 Å². The van der Waals surface area contributed by atoms with Gasteiger partial charge < -0.3 is 9.47 Å². The van der Waals surface area contributed by atoms with Crippen molar-refractivity contribution in [3.8, 4) is 16.9 Å². The number of methoxy groups -OCH3 is 1. The summed E-state index contributed by atoms with van der Waals surface area (Å²) in [5, 5.41) is 0. The van der Waals surface area contributed by atoms with Gasteiger partial charge in [0.1, 0.15) is 5.75 Å². The number of carbonyl (C=O) groups excluding carboxylic acids is 2. The topological polar surface area (TPSA) is 93.2 Å². The Labute approximate surface area is 168 Å². The maximum Gasteiger partial charge on any atom is 0.417 e. The molecule has 0 radical (unpaired) electrons. The van der Waals surface area contributed by atoms with Gasteiger partial charge in [0.05, 0.1) is 18.0 Å². The molecule has 2 saturated heterocycles. The minimum atomic E-state index is -3.72. The summed E-state index contributed by atoms with van der Waals surface area (Å²) in [6.07, 6.45) is -0.313. The number of amides is 2. The maximum atomic E-state index is 13.0. The molecule has 0 spiro atoms. The second-order valence-electron chi connectivity index (χ2n) is 6.88. The van der Waals surface area contributed by atoms with E-state index < -0.39 is 28.1 Å². The van der Waals surface area contributed by atoms with Crippen LogP contribution in [0.5, 0.6) is 5.75 Å². The minimum Gasteiger partial charge on any atom is -0.497 e. The third-order valence-electron chi connectivity index (χ3n) is 5.19. The average molecular weight is 416 g/mol. The number of imide groups is 1. The molecule has 1 atom stereocenters. The summed E-state index contributed by atoms with van der Waals surface area (Å²) >= 11 is 0. The lowest BCUT2D eigenvalue weighted by atomic mass is 10.1. The summed E-state index contributed by atoms with van der Waals surface area (Å²) in [7, 11) is -2.13. The first-order chi connectivity index (χ1) is 13.9. The Bertz CT molecular complexity index is 1020. The van der Waals surface area contributed by atoms with Gasteiger partial charge >= 0.3 is 6.09 Å². The van der Waals surface area contributed by atoms with Gasteiger partial charge in [0, 0.05) is 13.1 Å². The van der Waals surface area contributed by atoms with Gasteiger partial charge in [0.2, 0.25) is 10.0 Å². The molecule has 29 heavy (non-hydrogen) atoms. The van der Waals surface area contributed by atoms with Gasteiger partial charge in [-0.2, -0.15) is 4.31 Å². The van der Waals surface area contributed by atoms with Gasteiger partial charge in [0.15, 0.2) is 6.61 Å². The van der Waals surface area contributed by atoms with E-state index in [4.69, 9.17) is 9.47 Å². The second-order valence-corrected chi connectivity index (χ2v) is 8.81. The average Bonchev–Trinajstić information content (AvgIpc) is 3.35. The van der Waals surface area contributed by atoms with Gasteiger partial charge in [0.25, 0.3) is 5.91 Å². The third-order valence-corrected chi connectivity index (χ3v) is 7.07. The molecule has 2 aromatic rings. The highest BCUT2D eigenvalue weighted by Crippen LogP contribution is 2.28. The summed E-state index contributed by atoms with van der Waals surface area (Å²) in [6.45, 7) is 0.0304. The first kappa shape index (κ1) is 19.4. The van der Waals surface area contributed by atoms with Crippen LogP contribution < -0.4 is 4.74 Å². The SMILES string of the molecule is COc1ccc(-c2ccc(S(=O)(=O)N3CC[C@H](N4C(=O)COC4=O)C3)cc2)cc1. The molecule has 0 unspecified atom stereocenters. The number of sulfonamides is 1. The van der Waals surface area contributed by atoms with Crippen molar-refractivity contribution in [1.82, 2.24) is 9.21 Å². The Balaban J connectivity index is 1.50. The predicted octanol–water partition coefficient (Wildman–Crippen LogP) is 2.10. The van der Waals surface area contributed by atoms with Gasteiger partial charge in [-0.25, -0.2) is 18.1 Å². The second kappa shape index (κ2) is 7.49. The van der Waals surface area contributed by atoms with Crippen LogP contribution in [0.1, 0.15) is 6.42 Å². The Hall–Kier alpha value is -2.91. The molecule has 9 heteroatoms. The van der Waals surface area contributed by atoms with Crippen molar-refractivity contribution in [3.63, 3.8) is 0 Å². The summed E-state index contributed by atoms with van der Waals surface area (Å²) in [5.41, 5.74) is 1.83. The van der Waals surface area contributed by atoms with E-state index in [1.165, 1.54) is 4.31 Å². The molecule has 152 valence electrons. The van der Waals surface area contributed by atoms with Crippen LogP contribution in [-0.2, 0) is 19.6 Å². The number of nitrogens with zero attached hydrogens (tertiary/aromatic N) is 2. The highest BCUT2D eigenvalue weighted by atomic mass is 32.2. The molecule has 2 fully saturated rings. The minimum absolute atomic E-state index is 0.0728. The lowest BCUT2D eigenvalue weighted by Gasteiger charge is -2.20. The Morgan fingerprint density at radius 2 is 1.62 bits per heavy atom. The normalized spacial score (nSPS) is 20.2. The van der Waals surface area contributed by atoms with Gasteiger partial charge in [-0.15, -0.1) is 0 Å². The number of rotatable bonds is 5. The molecule has 0 aromatic heterocycles. The molecular weight excluding hydrogens is 396 g/mol. The summed E-state index contributed by atoms with van der Waals surface area (Å²) in [6, 6.07) is 13.6. The lowest BCUT2D eigenvalue weighted by molar-refractivity contribution is -0.127. The monoisotopic (exact) mass is 416 g/mol. The Morgan fingerprint density at radius 3 is 2.17 bits per heavy atom. The highest BCUT2D eigenvalue weighted by Gasteiger charge is 2.43. The van der Waals surface area contributed by atoms with Crippen molar-refractivity contribution in [2.24, 2.45) is 0 Å². The maximum absolute atomic E-state index is 13.0. The molecule has 2 amide bonds. The number of hydrogen-bond acceptors (Lipinski definition) is 6. The zero-order chi connectivity index (χ0) is 20.6.